The first-order valence-corrected chi connectivity index (χ1v) is 9.52. The molecule has 0 aromatic heterocycles. The molecule has 0 unspecified atom stereocenters. The molecule has 1 aromatic rings. The molecule has 0 aliphatic rings. The summed E-state index contributed by atoms with van der Waals surface area (Å²) in [5.74, 6) is -1.11. The van der Waals surface area contributed by atoms with Crippen molar-refractivity contribution in [3.63, 3.8) is 0 Å². The topological polar surface area (TPSA) is 154 Å². The van der Waals surface area contributed by atoms with Crippen LogP contribution in [0.4, 0.5) is 0 Å². The van der Waals surface area contributed by atoms with Crippen molar-refractivity contribution in [1.82, 2.24) is 0 Å². The summed E-state index contributed by atoms with van der Waals surface area (Å²) in [5.41, 5.74) is 0.855. The smallest absolute Gasteiger partial charge is 0.266 e. The number of hydrogen-bond donors (Lipinski definition) is 3. The second-order valence-corrected chi connectivity index (χ2v) is 7.61. The van der Waals surface area contributed by atoms with Gasteiger partial charge in [0.25, 0.3) is 20.2 Å². The van der Waals surface area contributed by atoms with Crippen molar-refractivity contribution in [2.75, 3.05) is 24.6 Å². The predicted octanol–water partition coefficient (Wildman–Crippen LogP) is 0.00560. The maximum absolute atomic E-state index is 10.5. The lowest BCUT2D eigenvalue weighted by atomic mass is 10.1. The van der Waals surface area contributed by atoms with E-state index in [-0.39, 0.29) is 18.8 Å². The van der Waals surface area contributed by atoms with Crippen LogP contribution in [-0.2, 0) is 20.2 Å². The molecule has 0 saturated carbocycles. The zero-order valence-electron chi connectivity index (χ0n) is 11.9. The highest BCUT2D eigenvalue weighted by Crippen LogP contribution is 2.15. The molecule has 11 heteroatoms. The van der Waals surface area contributed by atoms with Crippen molar-refractivity contribution in [2.45, 2.75) is 0 Å². The minimum Gasteiger partial charge on any atom is -0.507 e. The average Bonchev–Trinajstić information content (AvgIpc) is 2.40. The SMILES string of the molecule is O=S(=O)(O)CCN=Cc1ccc(O)c(C=NCCS(=O)(=O)O)c1. The van der Waals surface area contributed by atoms with Crippen LogP contribution in [0.2, 0.25) is 0 Å². The van der Waals surface area contributed by atoms with Gasteiger partial charge < -0.3 is 5.11 Å². The monoisotopic (exact) mass is 364 g/mol. The molecule has 0 saturated heterocycles. The summed E-state index contributed by atoms with van der Waals surface area (Å²) in [4.78, 5) is 7.60. The van der Waals surface area contributed by atoms with E-state index in [1.54, 1.807) is 0 Å². The quantitative estimate of drug-likeness (QED) is 0.433. The molecule has 0 atom stereocenters. The van der Waals surface area contributed by atoms with Gasteiger partial charge in [0.05, 0.1) is 24.6 Å². The van der Waals surface area contributed by atoms with Crippen LogP contribution in [-0.4, -0.2) is 68.1 Å². The minimum absolute atomic E-state index is 0.0873. The van der Waals surface area contributed by atoms with E-state index in [9.17, 15) is 21.9 Å². The summed E-state index contributed by atoms with van der Waals surface area (Å²) in [6, 6.07) is 4.40. The molecule has 0 heterocycles. The molecule has 0 aliphatic heterocycles. The normalized spacial score (nSPS) is 13.1. The summed E-state index contributed by atoms with van der Waals surface area (Å²) in [6.07, 6.45) is 2.61. The van der Waals surface area contributed by atoms with Crippen LogP contribution in [0.25, 0.3) is 0 Å². The molecule has 9 nitrogen and oxygen atoms in total. The molecule has 3 N–H and O–H groups in total. The van der Waals surface area contributed by atoms with E-state index < -0.39 is 31.7 Å². The molecular formula is C12H16N2O7S2. The molecular weight excluding hydrogens is 348 g/mol. The zero-order chi connectivity index (χ0) is 17.5. The molecule has 0 amide bonds. The largest absolute Gasteiger partial charge is 0.507 e. The Balaban J connectivity index is 2.71. The van der Waals surface area contributed by atoms with E-state index in [1.165, 1.54) is 30.6 Å². The highest BCUT2D eigenvalue weighted by molar-refractivity contribution is 7.86. The van der Waals surface area contributed by atoms with Crippen LogP contribution in [0, 0.1) is 0 Å². The maximum atomic E-state index is 10.5. The number of aromatic hydroxyl groups is 1. The van der Waals surface area contributed by atoms with Gasteiger partial charge in [0.15, 0.2) is 0 Å². The molecule has 0 aliphatic carbocycles. The molecule has 1 rings (SSSR count). The summed E-state index contributed by atoms with van der Waals surface area (Å²) in [7, 11) is -8.16. The van der Waals surface area contributed by atoms with E-state index in [1.807, 2.05) is 0 Å². The van der Waals surface area contributed by atoms with Gasteiger partial charge in [-0.3, -0.25) is 19.1 Å². The van der Waals surface area contributed by atoms with Crippen LogP contribution in [0.15, 0.2) is 28.2 Å². The highest BCUT2D eigenvalue weighted by Gasteiger charge is 2.04. The number of phenols is 1. The van der Waals surface area contributed by atoms with Crippen molar-refractivity contribution in [3.8, 4) is 5.75 Å². The van der Waals surface area contributed by atoms with Gasteiger partial charge in [0.1, 0.15) is 5.75 Å². The molecule has 0 spiro atoms. The van der Waals surface area contributed by atoms with Gasteiger partial charge in [-0.1, -0.05) is 0 Å². The fourth-order valence-corrected chi connectivity index (χ4v) is 2.10. The first kappa shape index (κ1) is 19.2. The number of phenolic OH excluding ortho intramolecular Hbond substituents is 1. The van der Waals surface area contributed by atoms with E-state index in [0.717, 1.165) is 0 Å². The van der Waals surface area contributed by atoms with Crippen molar-refractivity contribution in [1.29, 1.82) is 0 Å². The Morgan fingerprint density at radius 1 is 0.913 bits per heavy atom. The number of nitrogens with zero attached hydrogens (tertiary/aromatic N) is 2. The van der Waals surface area contributed by atoms with Crippen molar-refractivity contribution in [3.05, 3.63) is 29.3 Å². The fraction of sp³-hybridized carbons (Fsp3) is 0.333. The van der Waals surface area contributed by atoms with Crippen LogP contribution in [0.1, 0.15) is 11.1 Å². The van der Waals surface area contributed by atoms with Gasteiger partial charge in [-0.15, -0.1) is 0 Å². The molecule has 23 heavy (non-hydrogen) atoms. The van der Waals surface area contributed by atoms with Gasteiger partial charge >= 0.3 is 0 Å². The molecule has 0 radical (unpaired) electrons. The van der Waals surface area contributed by atoms with Gasteiger partial charge in [-0.05, 0) is 23.8 Å². The standard InChI is InChI=1S/C12H16N2O7S2/c15-12-2-1-10(8-13-3-5-22(16,17)18)7-11(12)9-14-4-6-23(19,20)21/h1-2,7-9,15H,3-6H2,(H,16,17,18)(H,19,20,21). The second kappa shape index (κ2) is 8.15. The average molecular weight is 364 g/mol. The maximum Gasteiger partial charge on any atom is 0.266 e. The molecule has 128 valence electrons. The third-order valence-electron chi connectivity index (χ3n) is 2.48. The Labute approximate surface area is 133 Å². The number of hydrogen-bond acceptors (Lipinski definition) is 7. The van der Waals surface area contributed by atoms with Crippen LogP contribution in [0.3, 0.4) is 0 Å². The third-order valence-corrected chi connectivity index (χ3v) is 3.88. The molecule has 1 aromatic carbocycles. The summed E-state index contributed by atoms with van der Waals surface area (Å²) < 4.78 is 59.3. The van der Waals surface area contributed by atoms with E-state index >= 15 is 0 Å². The summed E-state index contributed by atoms with van der Waals surface area (Å²) >= 11 is 0. The third kappa shape index (κ3) is 9.03. The van der Waals surface area contributed by atoms with Crippen molar-refractivity contribution >= 4 is 32.7 Å². The van der Waals surface area contributed by atoms with Gasteiger partial charge in [-0.25, -0.2) is 0 Å². The fourth-order valence-electron chi connectivity index (χ4n) is 1.43. The highest BCUT2D eigenvalue weighted by atomic mass is 32.2. The summed E-state index contributed by atoms with van der Waals surface area (Å²) in [5, 5.41) is 9.66. The second-order valence-electron chi connectivity index (χ2n) is 4.46. The number of aliphatic imine (C=N–C) groups is 2. The van der Waals surface area contributed by atoms with Crippen LogP contribution >= 0.6 is 0 Å². The Kier molecular flexibility index (Phi) is 6.81. The van der Waals surface area contributed by atoms with E-state index in [2.05, 4.69) is 9.98 Å². The van der Waals surface area contributed by atoms with Gasteiger partial charge in [0, 0.05) is 18.0 Å². The zero-order valence-corrected chi connectivity index (χ0v) is 13.5. The van der Waals surface area contributed by atoms with Crippen molar-refractivity contribution in [2.24, 2.45) is 9.98 Å². The Hall–Kier alpha value is -1.82. The van der Waals surface area contributed by atoms with E-state index in [0.29, 0.717) is 11.1 Å². The minimum atomic E-state index is -4.09. The molecule has 0 bridgehead atoms. The lowest BCUT2D eigenvalue weighted by Gasteiger charge is -2.01. The predicted molar refractivity (Wildman–Crippen MR) is 85.9 cm³/mol. The first-order chi connectivity index (χ1) is 10.6. The number of rotatable bonds is 8. The summed E-state index contributed by atoms with van der Waals surface area (Å²) in [6.45, 7) is -0.275. The first-order valence-electron chi connectivity index (χ1n) is 6.30. The Morgan fingerprint density at radius 3 is 1.96 bits per heavy atom. The lowest BCUT2D eigenvalue weighted by Crippen LogP contribution is -2.07. The van der Waals surface area contributed by atoms with E-state index in [4.69, 9.17) is 9.11 Å². The van der Waals surface area contributed by atoms with Crippen LogP contribution in [0.5, 0.6) is 5.75 Å². The Bertz CT molecular complexity index is 799. The number of benzene rings is 1. The van der Waals surface area contributed by atoms with Gasteiger partial charge in [0.2, 0.25) is 0 Å². The van der Waals surface area contributed by atoms with Crippen LogP contribution < -0.4 is 0 Å². The van der Waals surface area contributed by atoms with Gasteiger partial charge in [-0.2, -0.15) is 16.8 Å². The lowest BCUT2D eigenvalue weighted by molar-refractivity contribution is 0.474. The molecule has 0 fully saturated rings. The Morgan fingerprint density at radius 2 is 1.43 bits per heavy atom. The van der Waals surface area contributed by atoms with Crippen molar-refractivity contribution < 1.29 is 31.0 Å².